The van der Waals surface area contributed by atoms with Gasteiger partial charge in [0.15, 0.2) is 5.78 Å². The topological polar surface area (TPSA) is 23.6 Å². The van der Waals surface area contributed by atoms with Crippen molar-refractivity contribution in [2.75, 3.05) is 39.3 Å². The Morgan fingerprint density at radius 3 is 2.20 bits per heavy atom. The predicted molar refractivity (Wildman–Crippen MR) is 83.5 cm³/mol. The molecule has 0 N–H and O–H groups in total. The molecular weight excluding hydrogens is 272 g/mol. The van der Waals surface area contributed by atoms with Gasteiger partial charge in [-0.1, -0.05) is 25.4 Å². The number of rotatable bonds is 5. The smallest absolute Gasteiger partial charge is 0.176 e. The molecule has 0 aliphatic carbocycles. The highest BCUT2D eigenvalue weighted by Crippen LogP contribution is 2.11. The number of carbonyl (C=O) groups is 1. The van der Waals surface area contributed by atoms with E-state index in [4.69, 9.17) is 11.6 Å². The summed E-state index contributed by atoms with van der Waals surface area (Å²) in [5, 5.41) is 0.670. The normalized spacial score (nSPS) is 17.6. The van der Waals surface area contributed by atoms with Gasteiger partial charge in [0.1, 0.15) is 0 Å². The Morgan fingerprint density at radius 1 is 1.10 bits per heavy atom. The van der Waals surface area contributed by atoms with E-state index in [0.717, 1.165) is 38.3 Å². The summed E-state index contributed by atoms with van der Waals surface area (Å²) in [5.74, 6) is 0.885. The second-order valence-electron chi connectivity index (χ2n) is 5.90. The number of carbonyl (C=O) groups excluding carboxylic acids is 1. The van der Waals surface area contributed by atoms with Crippen molar-refractivity contribution in [3.8, 4) is 0 Å². The van der Waals surface area contributed by atoms with Crippen molar-refractivity contribution in [1.29, 1.82) is 0 Å². The lowest BCUT2D eigenvalue weighted by Crippen LogP contribution is -2.48. The van der Waals surface area contributed by atoms with Crippen LogP contribution in [0, 0.1) is 5.92 Å². The summed E-state index contributed by atoms with van der Waals surface area (Å²) in [6.45, 7) is 10.2. The average Bonchev–Trinajstić information content (AvgIpc) is 2.41. The molecule has 2 rings (SSSR count). The number of benzene rings is 1. The highest BCUT2D eigenvalue weighted by atomic mass is 35.5. The van der Waals surface area contributed by atoms with Gasteiger partial charge >= 0.3 is 0 Å². The lowest BCUT2D eigenvalue weighted by Gasteiger charge is -2.35. The van der Waals surface area contributed by atoms with E-state index in [-0.39, 0.29) is 5.78 Å². The van der Waals surface area contributed by atoms with E-state index < -0.39 is 0 Å². The number of piperazine rings is 1. The van der Waals surface area contributed by atoms with Crippen molar-refractivity contribution in [2.24, 2.45) is 5.92 Å². The fourth-order valence-corrected chi connectivity index (χ4v) is 2.70. The summed E-state index contributed by atoms with van der Waals surface area (Å²) in [4.78, 5) is 16.9. The molecule has 0 aromatic heterocycles. The predicted octanol–water partition coefficient (Wildman–Crippen LogP) is 2.80. The summed E-state index contributed by atoms with van der Waals surface area (Å²) in [6, 6.07) is 7.16. The third-order valence-electron chi connectivity index (χ3n) is 3.62. The van der Waals surface area contributed by atoms with E-state index in [2.05, 4.69) is 23.6 Å². The van der Waals surface area contributed by atoms with Crippen LogP contribution in [0.5, 0.6) is 0 Å². The number of halogens is 1. The van der Waals surface area contributed by atoms with Gasteiger partial charge in [-0.2, -0.15) is 0 Å². The highest BCUT2D eigenvalue weighted by molar-refractivity contribution is 6.30. The fraction of sp³-hybridized carbons (Fsp3) is 0.562. The first-order valence-electron chi connectivity index (χ1n) is 7.28. The van der Waals surface area contributed by atoms with Gasteiger partial charge in [-0.05, 0) is 30.2 Å². The van der Waals surface area contributed by atoms with Crippen molar-refractivity contribution in [2.45, 2.75) is 13.8 Å². The second-order valence-corrected chi connectivity index (χ2v) is 6.34. The molecule has 0 bridgehead atoms. The van der Waals surface area contributed by atoms with Crippen LogP contribution in [0.3, 0.4) is 0 Å². The molecule has 1 heterocycles. The molecule has 20 heavy (non-hydrogen) atoms. The Bertz CT molecular complexity index is 436. The zero-order valence-corrected chi connectivity index (χ0v) is 13.1. The first kappa shape index (κ1) is 15.5. The molecule has 3 nitrogen and oxygen atoms in total. The van der Waals surface area contributed by atoms with E-state index >= 15 is 0 Å². The Balaban J connectivity index is 1.80. The molecule has 1 aliphatic heterocycles. The SMILES string of the molecule is CC(C)CN1CCN(CC(=O)c2ccc(Cl)cc2)CC1. The average molecular weight is 295 g/mol. The van der Waals surface area contributed by atoms with Gasteiger partial charge in [0.2, 0.25) is 0 Å². The monoisotopic (exact) mass is 294 g/mol. The molecule has 1 fully saturated rings. The molecule has 1 aliphatic rings. The number of hydrogen-bond donors (Lipinski definition) is 0. The van der Waals surface area contributed by atoms with Crippen LogP contribution in [-0.2, 0) is 0 Å². The lowest BCUT2D eigenvalue weighted by molar-refractivity contribution is 0.0837. The Morgan fingerprint density at radius 2 is 1.65 bits per heavy atom. The van der Waals surface area contributed by atoms with Crippen molar-refractivity contribution in [3.63, 3.8) is 0 Å². The van der Waals surface area contributed by atoms with E-state index in [1.807, 2.05) is 0 Å². The molecule has 110 valence electrons. The fourth-order valence-electron chi connectivity index (χ4n) is 2.58. The van der Waals surface area contributed by atoms with Crippen molar-refractivity contribution in [1.82, 2.24) is 9.80 Å². The molecule has 0 saturated carbocycles. The van der Waals surface area contributed by atoms with Gasteiger partial charge < -0.3 is 4.90 Å². The lowest BCUT2D eigenvalue weighted by atomic mass is 10.1. The van der Waals surface area contributed by atoms with Gasteiger partial charge in [-0.25, -0.2) is 0 Å². The second kappa shape index (κ2) is 7.21. The largest absolute Gasteiger partial charge is 0.301 e. The molecule has 1 aromatic rings. The zero-order valence-electron chi connectivity index (χ0n) is 12.3. The molecule has 4 heteroatoms. The van der Waals surface area contributed by atoms with Gasteiger partial charge in [-0.3, -0.25) is 9.69 Å². The molecule has 0 spiro atoms. The van der Waals surface area contributed by atoms with Crippen molar-refractivity contribution < 1.29 is 4.79 Å². The van der Waals surface area contributed by atoms with Crippen LogP contribution in [0.15, 0.2) is 24.3 Å². The van der Waals surface area contributed by atoms with Crippen molar-refractivity contribution >= 4 is 17.4 Å². The highest BCUT2D eigenvalue weighted by Gasteiger charge is 2.19. The van der Waals surface area contributed by atoms with Gasteiger partial charge in [0, 0.05) is 43.3 Å². The standard InChI is InChI=1S/C16H23ClN2O/c1-13(2)11-18-7-9-19(10-8-18)12-16(20)14-3-5-15(17)6-4-14/h3-6,13H,7-12H2,1-2H3. The van der Waals surface area contributed by atoms with E-state index in [0.29, 0.717) is 17.5 Å². The first-order valence-corrected chi connectivity index (χ1v) is 7.66. The Kier molecular flexibility index (Phi) is 5.58. The van der Waals surface area contributed by atoms with Crippen LogP contribution in [0.2, 0.25) is 5.02 Å². The summed E-state index contributed by atoms with van der Waals surface area (Å²) in [7, 11) is 0. The number of ketones is 1. The zero-order chi connectivity index (χ0) is 14.5. The van der Waals surface area contributed by atoms with Gasteiger partial charge in [-0.15, -0.1) is 0 Å². The molecule has 1 saturated heterocycles. The Hall–Kier alpha value is -0.900. The minimum atomic E-state index is 0.180. The maximum absolute atomic E-state index is 12.2. The molecule has 0 amide bonds. The number of hydrogen-bond acceptors (Lipinski definition) is 3. The minimum absolute atomic E-state index is 0.180. The number of nitrogens with zero attached hydrogens (tertiary/aromatic N) is 2. The summed E-state index contributed by atoms with van der Waals surface area (Å²) < 4.78 is 0. The van der Waals surface area contributed by atoms with Crippen LogP contribution < -0.4 is 0 Å². The third-order valence-corrected chi connectivity index (χ3v) is 3.87. The molecule has 0 atom stereocenters. The van der Waals surface area contributed by atoms with E-state index in [9.17, 15) is 4.79 Å². The molecular formula is C16H23ClN2O. The van der Waals surface area contributed by atoms with Crippen LogP contribution in [-0.4, -0.2) is 54.9 Å². The first-order chi connectivity index (χ1) is 9.54. The van der Waals surface area contributed by atoms with Crippen LogP contribution in [0.4, 0.5) is 0 Å². The Labute approximate surface area is 126 Å². The van der Waals surface area contributed by atoms with E-state index in [1.165, 1.54) is 0 Å². The number of Topliss-reactive ketones (excluding diaryl/α,β-unsaturated/α-hetero) is 1. The molecule has 0 radical (unpaired) electrons. The third kappa shape index (κ3) is 4.58. The maximum Gasteiger partial charge on any atom is 0.176 e. The van der Waals surface area contributed by atoms with Crippen LogP contribution in [0.25, 0.3) is 0 Å². The van der Waals surface area contributed by atoms with Crippen LogP contribution in [0.1, 0.15) is 24.2 Å². The van der Waals surface area contributed by atoms with Gasteiger partial charge in [0.25, 0.3) is 0 Å². The van der Waals surface area contributed by atoms with Crippen LogP contribution >= 0.6 is 11.6 Å². The maximum atomic E-state index is 12.2. The summed E-state index contributed by atoms with van der Waals surface area (Å²) in [5.41, 5.74) is 0.749. The quantitative estimate of drug-likeness (QED) is 0.780. The van der Waals surface area contributed by atoms with E-state index in [1.54, 1.807) is 24.3 Å². The summed E-state index contributed by atoms with van der Waals surface area (Å²) >= 11 is 5.84. The van der Waals surface area contributed by atoms with Crippen molar-refractivity contribution in [3.05, 3.63) is 34.9 Å². The molecule has 0 unspecified atom stereocenters. The summed E-state index contributed by atoms with van der Waals surface area (Å²) in [6.07, 6.45) is 0. The molecule has 1 aromatic carbocycles. The minimum Gasteiger partial charge on any atom is -0.301 e. The van der Waals surface area contributed by atoms with Gasteiger partial charge in [0.05, 0.1) is 6.54 Å².